The number of hydrogen-bond donors (Lipinski definition) is 0. The molecule has 18 heavy (non-hydrogen) atoms. The van der Waals surface area contributed by atoms with Crippen molar-refractivity contribution in [1.29, 1.82) is 0 Å². The number of halogens is 1. The van der Waals surface area contributed by atoms with E-state index in [1.54, 1.807) is 0 Å². The van der Waals surface area contributed by atoms with E-state index < -0.39 is 0 Å². The first-order valence-electron chi connectivity index (χ1n) is 6.22. The van der Waals surface area contributed by atoms with E-state index in [4.69, 9.17) is 4.98 Å². The SMILES string of the molecule is Cc1sc(N2CCCC2)nc1-c1ccc(Br)cc1. The number of nitrogens with zero attached hydrogens (tertiary/aromatic N) is 2. The number of aromatic nitrogens is 1. The molecule has 1 aliphatic rings. The average molecular weight is 323 g/mol. The summed E-state index contributed by atoms with van der Waals surface area (Å²) in [5, 5.41) is 1.18. The van der Waals surface area contributed by atoms with E-state index >= 15 is 0 Å². The van der Waals surface area contributed by atoms with E-state index in [1.807, 2.05) is 11.3 Å². The lowest BCUT2D eigenvalue weighted by Gasteiger charge is -2.12. The van der Waals surface area contributed by atoms with E-state index in [2.05, 4.69) is 52.0 Å². The Morgan fingerprint density at radius 3 is 2.50 bits per heavy atom. The van der Waals surface area contributed by atoms with Crippen LogP contribution >= 0.6 is 27.3 Å². The fourth-order valence-corrected chi connectivity index (χ4v) is 3.55. The fourth-order valence-electron chi connectivity index (χ4n) is 2.30. The van der Waals surface area contributed by atoms with Gasteiger partial charge in [0.2, 0.25) is 0 Å². The maximum atomic E-state index is 4.82. The van der Waals surface area contributed by atoms with Gasteiger partial charge in [-0.15, -0.1) is 11.3 Å². The molecule has 0 atom stereocenters. The van der Waals surface area contributed by atoms with Gasteiger partial charge in [0.1, 0.15) is 0 Å². The molecule has 2 nitrogen and oxygen atoms in total. The van der Waals surface area contributed by atoms with Crippen LogP contribution in [0.5, 0.6) is 0 Å². The minimum absolute atomic E-state index is 1.11. The maximum Gasteiger partial charge on any atom is 0.186 e. The molecule has 4 heteroatoms. The second-order valence-electron chi connectivity index (χ2n) is 4.60. The van der Waals surface area contributed by atoms with Crippen LogP contribution in [0.1, 0.15) is 17.7 Å². The Hall–Kier alpha value is -0.870. The summed E-state index contributed by atoms with van der Waals surface area (Å²) in [5.41, 5.74) is 2.34. The molecule has 94 valence electrons. The molecule has 1 aromatic carbocycles. The lowest BCUT2D eigenvalue weighted by atomic mass is 10.1. The van der Waals surface area contributed by atoms with Crippen molar-refractivity contribution in [2.24, 2.45) is 0 Å². The summed E-state index contributed by atoms with van der Waals surface area (Å²) in [4.78, 5) is 8.53. The third-order valence-corrected chi connectivity index (χ3v) is 4.84. The maximum absolute atomic E-state index is 4.82. The van der Waals surface area contributed by atoms with Crippen molar-refractivity contribution in [2.45, 2.75) is 19.8 Å². The molecule has 1 fully saturated rings. The first-order chi connectivity index (χ1) is 8.74. The highest BCUT2D eigenvalue weighted by atomic mass is 79.9. The number of rotatable bonds is 2. The molecule has 3 rings (SSSR count). The van der Waals surface area contributed by atoms with Crippen LogP contribution in [-0.2, 0) is 0 Å². The van der Waals surface area contributed by atoms with Crippen LogP contribution in [0.2, 0.25) is 0 Å². The molecule has 1 aromatic heterocycles. The molecular weight excluding hydrogens is 308 g/mol. The molecule has 1 aliphatic heterocycles. The lowest BCUT2D eigenvalue weighted by molar-refractivity contribution is 0.949. The second kappa shape index (κ2) is 5.02. The number of hydrogen-bond acceptors (Lipinski definition) is 3. The van der Waals surface area contributed by atoms with Gasteiger partial charge in [-0.2, -0.15) is 0 Å². The summed E-state index contributed by atoms with van der Waals surface area (Å²) >= 11 is 5.28. The summed E-state index contributed by atoms with van der Waals surface area (Å²) in [6.07, 6.45) is 2.60. The first-order valence-corrected chi connectivity index (χ1v) is 7.83. The lowest BCUT2D eigenvalue weighted by Crippen LogP contribution is -2.17. The first kappa shape index (κ1) is 12.2. The van der Waals surface area contributed by atoms with Gasteiger partial charge in [-0.05, 0) is 31.9 Å². The van der Waals surface area contributed by atoms with Crippen molar-refractivity contribution < 1.29 is 0 Å². The second-order valence-corrected chi connectivity index (χ2v) is 6.70. The molecule has 0 unspecified atom stereocenters. The van der Waals surface area contributed by atoms with Crippen molar-refractivity contribution in [2.75, 3.05) is 18.0 Å². The molecule has 0 bridgehead atoms. The largest absolute Gasteiger partial charge is 0.348 e. The molecule has 0 radical (unpaired) electrons. The minimum Gasteiger partial charge on any atom is -0.348 e. The van der Waals surface area contributed by atoms with Crippen LogP contribution in [0.4, 0.5) is 5.13 Å². The number of benzene rings is 1. The van der Waals surface area contributed by atoms with E-state index in [1.165, 1.54) is 28.4 Å². The predicted octanol–water partition coefficient (Wildman–Crippen LogP) is 4.48. The molecule has 0 N–H and O–H groups in total. The normalized spacial score (nSPS) is 15.3. The van der Waals surface area contributed by atoms with Gasteiger partial charge in [-0.3, -0.25) is 0 Å². The van der Waals surface area contributed by atoms with Gasteiger partial charge >= 0.3 is 0 Å². The molecule has 0 amide bonds. The Labute approximate surface area is 120 Å². The third kappa shape index (κ3) is 2.31. The predicted molar refractivity (Wildman–Crippen MR) is 81.4 cm³/mol. The summed E-state index contributed by atoms with van der Waals surface area (Å²) in [6, 6.07) is 8.40. The van der Waals surface area contributed by atoms with Gasteiger partial charge in [0, 0.05) is 28.0 Å². The van der Waals surface area contributed by atoms with Crippen LogP contribution in [0, 0.1) is 6.92 Å². The van der Waals surface area contributed by atoms with E-state index in [0.29, 0.717) is 0 Å². The van der Waals surface area contributed by atoms with Gasteiger partial charge in [0.05, 0.1) is 5.69 Å². The van der Waals surface area contributed by atoms with E-state index in [9.17, 15) is 0 Å². The van der Waals surface area contributed by atoms with Crippen LogP contribution in [-0.4, -0.2) is 18.1 Å². The molecular formula is C14H15BrN2S. The van der Waals surface area contributed by atoms with Crippen molar-refractivity contribution in [1.82, 2.24) is 4.98 Å². The fraction of sp³-hybridized carbons (Fsp3) is 0.357. The number of thiazole rings is 1. The molecule has 2 heterocycles. The van der Waals surface area contributed by atoms with Crippen molar-refractivity contribution >= 4 is 32.4 Å². The summed E-state index contributed by atoms with van der Waals surface area (Å²) in [6.45, 7) is 4.48. The van der Waals surface area contributed by atoms with E-state index in [0.717, 1.165) is 23.3 Å². The summed E-state index contributed by atoms with van der Waals surface area (Å²) in [5.74, 6) is 0. The Kier molecular flexibility index (Phi) is 3.39. The monoisotopic (exact) mass is 322 g/mol. The molecule has 0 spiro atoms. The molecule has 1 saturated heterocycles. The standard InChI is InChI=1S/C14H15BrN2S/c1-10-13(11-4-6-12(15)7-5-11)16-14(18-10)17-8-2-3-9-17/h4-7H,2-3,8-9H2,1H3. The zero-order valence-corrected chi connectivity index (χ0v) is 12.7. The van der Waals surface area contributed by atoms with Gasteiger partial charge < -0.3 is 4.90 Å². The Balaban J connectivity index is 1.94. The van der Waals surface area contributed by atoms with Crippen LogP contribution in [0.3, 0.4) is 0 Å². The quantitative estimate of drug-likeness (QED) is 0.810. The molecule has 0 aliphatic carbocycles. The van der Waals surface area contributed by atoms with Crippen LogP contribution in [0.15, 0.2) is 28.7 Å². The minimum atomic E-state index is 1.11. The number of aryl methyl sites for hydroxylation is 1. The van der Waals surface area contributed by atoms with E-state index in [-0.39, 0.29) is 0 Å². The highest BCUT2D eigenvalue weighted by Gasteiger charge is 2.18. The van der Waals surface area contributed by atoms with Crippen LogP contribution < -0.4 is 4.90 Å². The highest BCUT2D eigenvalue weighted by Crippen LogP contribution is 2.34. The smallest absolute Gasteiger partial charge is 0.186 e. The van der Waals surface area contributed by atoms with Gasteiger partial charge in [0.25, 0.3) is 0 Å². The Morgan fingerprint density at radius 2 is 1.83 bits per heavy atom. The number of anilines is 1. The van der Waals surface area contributed by atoms with Gasteiger partial charge in [-0.1, -0.05) is 28.1 Å². The zero-order valence-electron chi connectivity index (χ0n) is 10.3. The zero-order chi connectivity index (χ0) is 12.5. The van der Waals surface area contributed by atoms with Crippen molar-refractivity contribution in [3.05, 3.63) is 33.6 Å². The Morgan fingerprint density at radius 1 is 1.17 bits per heavy atom. The van der Waals surface area contributed by atoms with Gasteiger partial charge in [-0.25, -0.2) is 4.98 Å². The summed E-state index contributed by atoms with van der Waals surface area (Å²) in [7, 11) is 0. The highest BCUT2D eigenvalue weighted by molar-refractivity contribution is 9.10. The Bertz CT molecular complexity index is 541. The van der Waals surface area contributed by atoms with Gasteiger partial charge in [0.15, 0.2) is 5.13 Å². The molecule has 2 aromatic rings. The van der Waals surface area contributed by atoms with Crippen molar-refractivity contribution in [3.8, 4) is 11.3 Å². The average Bonchev–Trinajstić information content (AvgIpc) is 2.99. The molecule has 0 saturated carbocycles. The third-order valence-electron chi connectivity index (χ3n) is 3.28. The summed E-state index contributed by atoms with van der Waals surface area (Å²) < 4.78 is 1.11. The van der Waals surface area contributed by atoms with Crippen molar-refractivity contribution in [3.63, 3.8) is 0 Å². The topological polar surface area (TPSA) is 16.1 Å². The van der Waals surface area contributed by atoms with Crippen LogP contribution in [0.25, 0.3) is 11.3 Å².